The van der Waals surface area contributed by atoms with Crippen molar-refractivity contribution in [2.24, 2.45) is 0 Å². The van der Waals surface area contributed by atoms with E-state index in [1.165, 1.54) is 16.5 Å². The lowest BCUT2D eigenvalue weighted by Gasteiger charge is -2.25. The van der Waals surface area contributed by atoms with E-state index in [4.69, 9.17) is 8.83 Å². The lowest BCUT2D eigenvalue weighted by Crippen LogP contribution is -2.09. The van der Waals surface area contributed by atoms with Gasteiger partial charge in [0.2, 0.25) is 0 Å². The molecule has 0 atom stereocenters. The van der Waals surface area contributed by atoms with Crippen LogP contribution in [0.1, 0.15) is 0 Å². The van der Waals surface area contributed by atoms with Crippen molar-refractivity contribution in [2.75, 3.05) is 4.90 Å². The summed E-state index contributed by atoms with van der Waals surface area (Å²) in [5.74, 6) is 0. The molecule has 2 heterocycles. The van der Waals surface area contributed by atoms with Crippen LogP contribution in [0.2, 0.25) is 0 Å². The van der Waals surface area contributed by atoms with Crippen molar-refractivity contribution < 1.29 is 8.83 Å². The summed E-state index contributed by atoms with van der Waals surface area (Å²) in [6.07, 6.45) is 0. The van der Waals surface area contributed by atoms with E-state index in [2.05, 4.69) is 144 Å². The fourth-order valence-corrected chi connectivity index (χ4v) is 6.41. The van der Waals surface area contributed by atoms with E-state index < -0.39 is 0 Å². The normalized spacial score (nSPS) is 11.7. The van der Waals surface area contributed by atoms with Crippen molar-refractivity contribution >= 4 is 71.7 Å². The Morgan fingerprint density at radius 1 is 0.372 bits per heavy atom. The second-order valence-electron chi connectivity index (χ2n) is 10.9. The Morgan fingerprint density at radius 2 is 1.00 bits per heavy atom. The third-order valence-electron chi connectivity index (χ3n) is 8.45. The number of benzene rings is 7. The summed E-state index contributed by atoms with van der Waals surface area (Å²) in [6.45, 7) is 0. The summed E-state index contributed by atoms with van der Waals surface area (Å²) < 4.78 is 13.1. The van der Waals surface area contributed by atoms with Gasteiger partial charge in [-0.1, -0.05) is 91.0 Å². The van der Waals surface area contributed by atoms with E-state index in [0.29, 0.717) is 0 Å². The maximum Gasteiger partial charge on any atom is 0.147 e. The average molecular weight is 552 g/mol. The van der Waals surface area contributed by atoms with E-state index in [1.54, 1.807) is 0 Å². The van der Waals surface area contributed by atoms with Gasteiger partial charge in [-0.3, -0.25) is 0 Å². The molecule has 0 radical (unpaired) electrons. The third kappa shape index (κ3) is 3.75. The van der Waals surface area contributed by atoms with Crippen LogP contribution in [0.4, 0.5) is 17.1 Å². The van der Waals surface area contributed by atoms with Crippen LogP contribution < -0.4 is 4.90 Å². The molecule has 3 heteroatoms. The molecule has 0 N–H and O–H groups in total. The largest absolute Gasteiger partial charge is 0.456 e. The van der Waals surface area contributed by atoms with Gasteiger partial charge >= 0.3 is 0 Å². The second-order valence-corrected chi connectivity index (χ2v) is 10.9. The van der Waals surface area contributed by atoms with Gasteiger partial charge in [-0.05, 0) is 71.1 Å². The van der Waals surface area contributed by atoms with Gasteiger partial charge < -0.3 is 13.7 Å². The third-order valence-corrected chi connectivity index (χ3v) is 8.45. The lowest BCUT2D eigenvalue weighted by molar-refractivity contribution is 0.664. The molecule has 9 aromatic rings. The second kappa shape index (κ2) is 9.37. The molecule has 0 fully saturated rings. The monoisotopic (exact) mass is 551 g/mol. The van der Waals surface area contributed by atoms with E-state index in [-0.39, 0.29) is 0 Å². The van der Waals surface area contributed by atoms with E-state index in [1.807, 2.05) is 12.1 Å². The van der Waals surface area contributed by atoms with Crippen LogP contribution in [0.3, 0.4) is 0 Å². The first-order valence-electron chi connectivity index (χ1n) is 14.5. The fraction of sp³-hybridized carbons (Fsp3) is 0. The Balaban J connectivity index is 1.22. The molecule has 0 saturated heterocycles. The number of hydrogen-bond acceptors (Lipinski definition) is 3. The fourth-order valence-electron chi connectivity index (χ4n) is 6.41. The zero-order valence-electron chi connectivity index (χ0n) is 23.2. The zero-order chi connectivity index (χ0) is 28.3. The van der Waals surface area contributed by atoms with Crippen LogP contribution in [0.25, 0.3) is 65.8 Å². The van der Waals surface area contributed by atoms with E-state index in [9.17, 15) is 0 Å². The van der Waals surface area contributed by atoms with Gasteiger partial charge in [0.05, 0.1) is 5.39 Å². The van der Waals surface area contributed by atoms with Crippen LogP contribution >= 0.6 is 0 Å². The smallest absolute Gasteiger partial charge is 0.147 e. The Bertz CT molecular complexity index is 2440. The number of furan rings is 2. The Labute approximate surface area is 247 Å². The Kier molecular flexibility index (Phi) is 5.20. The molecule has 0 unspecified atom stereocenters. The number of para-hydroxylation sites is 1. The topological polar surface area (TPSA) is 29.5 Å². The van der Waals surface area contributed by atoms with Gasteiger partial charge in [0, 0.05) is 44.7 Å². The van der Waals surface area contributed by atoms with Gasteiger partial charge in [-0.2, -0.15) is 0 Å². The number of fused-ring (bicyclic) bond motifs is 9. The maximum absolute atomic E-state index is 6.64. The Hall–Kier alpha value is -5.80. The van der Waals surface area contributed by atoms with Gasteiger partial charge in [0.15, 0.2) is 0 Å². The van der Waals surface area contributed by atoms with Crippen LogP contribution in [-0.4, -0.2) is 0 Å². The first kappa shape index (κ1) is 23.9. The van der Waals surface area contributed by atoms with Crippen molar-refractivity contribution in [2.45, 2.75) is 0 Å². The highest BCUT2D eigenvalue weighted by Crippen LogP contribution is 2.43. The first-order valence-corrected chi connectivity index (χ1v) is 14.5. The van der Waals surface area contributed by atoms with Crippen molar-refractivity contribution in [3.8, 4) is 11.1 Å². The molecule has 7 aromatic carbocycles. The van der Waals surface area contributed by atoms with Gasteiger partial charge in [-0.15, -0.1) is 0 Å². The Morgan fingerprint density at radius 3 is 1.84 bits per heavy atom. The summed E-state index contributed by atoms with van der Waals surface area (Å²) in [5.41, 5.74) is 9.00. The molecule has 0 aliphatic heterocycles. The standard InChI is InChI=1S/C40H25NO2/c1-3-9-26(10-4-1)27-15-18-30(19-16-27)41(29-12-5-2-6-13-29)31-20-22-35-37(25-31)42-36-24-23-34-33-21-17-28-11-7-8-14-32(28)39(33)43-40(34)38(35)36/h1-25H. The van der Waals surface area contributed by atoms with Gasteiger partial charge in [0.25, 0.3) is 0 Å². The van der Waals surface area contributed by atoms with Crippen LogP contribution in [-0.2, 0) is 0 Å². The van der Waals surface area contributed by atoms with Crippen molar-refractivity contribution in [1.82, 2.24) is 0 Å². The van der Waals surface area contributed by atoms with Crippen molar-refractivity contribution in [1.29, 1.82) is 0 Å². The lowest BCUT2D eigenvalue weighted by atomic mass is 10.0. The van der Waals surface area contributed by atoms with Crippen LogP contribution in [0.15, 0.2) is 160 Å². The van der Waals surface area contributed by atoms with Gasteiger partial charge in [-0.25, -0.2) is 0 Å². The molecule has 0 amide bonds. The van der Waals surface area contributed by atoms with Crippen molar-refractivity contribution in [3.63, 3.8) is 0 Å². The minimum absolute atomic E-state index is 0.821. The highest BCUT2D eigenvalue weighted by molar-refractivity contribution is 6.24. The molecule has 0 aliphatic carbocycles. The average Bonchev–Trinajstić information content (AvgIpc) is 3.64. The molecular formula is C40H25NO2. The summed E-state index contributed by atoms with van der Waals surface area (Å²) >= 11 is 0. The van der Waals surface area contributed by atoms with Gasteiger partial charge in [0.1, 0.15) is 22.3 Å². The molecule has 0 bridgehead atoms. The number of hydrogen-bond donors (Lipinski definition) is 0. The number of anilines is 3. The summed E-state index contributed by atoms with van der Waals surface area (Å²) in [7, 11) is 0. The number of nitrogens with zero attached hydrogens (tertiary/aromatic N) is 1. The molecule has 9 rings (SSSR count). The molecule has 2 aromatic heterocycles. The highest BCUT2D eigenvalue weighted by atomic mass is 16.3. The predicted molar refractivity (Wildman–Crippen MR) is 179 cm³/mol. The van der Waals surface area contributed by atoms with Crippen molar-refractivity contribution in [3.05, 3.63) is 152 Å². The van der Waals surface area contributed by atoms with E-state index in [0.717, 1.165) is 66.3 Å². The first-order chi connectivity index (χ1) is 21.3. The molecule has 3 nitrogen and oxygen atoms in total. The maximum atomic E-state index is 6.64. The predicted octanol–water partition coefficient (Wildman–Crippen LogP) is 11.8. The molecule has 0 aliphatic rings. The molecule has 0 saturated carbocycles. The van der Waals surface area contributed by atoms with Crippen LogP contribution in [0, 0.1) is 0 Å². The molecule has 202 valence electrons. The number of rotatable bonds is 4. The minimum atomic E-state index is 0.821. The summed E-state index contributed by atoms with van der Waals surface area (Å²) in [6, 6.07) is 53.0. The quantitative estimate of drug-likeness (QED) is 0.218. The minimum Gasteiger partial charge on any atom is -0.456 e. The van der Waals surface area contributed by atoms with E-state index >= 15 is 0 Å². The zero-order valence-corrected chi connectivity index (χ0v) is 23.2. The highest BCUT2D eigenvalue weighted by Gasteiger charge is 2.19. The molecule has 0 spiro atoms. The summed E-state index contributed by atoms with van der Waals surface area (Å²) in [4.78, 5) is 2.27. The SMILES string of the molecule is c1ccc(-c2ccc(N(c3ccccc3)c3ccc4c(c3)oc3ccc5c6ccc7ccccc7c6oc5c34)cc2)cc1. The molecule has 43 heavy (non-hydrogen) atoms. The molecular weight excluding hydrogens is 526 g/mol. The summed E-state index contributed by atoms with van der Waals surface area (Å²) in [5, 5.41) is 6.57. The van der Waals surface area contributed by atoms with Crippen LogP contribution in [0.5, 0.6) is 0 Å².